The predicted molar refractivity (Wildman–Crippen MR) is 87.0 cm³/mol. The Kier molecular flexibility index (Phi) is 9.10. The second-order valence-electron chi connectivity index (χ2n) is 5.48. The van der Waals surface area contributed by atoms with E-state index in [2.05, 4.69) is 39.5 Å². The largest absolute Gasteiger partial charge is 0.326 e. The van der Waals surface area contributed by atoms with Crippen LogP contribution in [0, 0.1) is 0 Å². The minimum absolute atomic E-state index is 0.0913. The first kappa shape index (κ1) is 18.8. The Hall–Kier alpha value is -1.19. The van der Waals surface area contributed by atoms with Crippen molar-refractivity contribution >= 4 is 5.78 Å². The molecule has 0 heterocycles. The molecule has 3 nitrogen and oxygen atoms in total. The Balaban J connectivity index is 0.000000370. The van der Waals surface area contributed by atoms with Gasteiger partial charge < -0.3 is 5.73 Å². The summed E-state index contributed by atoms with van der Waals surface area (Å²) < 4.78 is 0. The molecule has 0 bridgehead atoms. The van der Waals surface area contributed by atoms with Crippen LogP contribution in [0.2, 0.25) is 0 Å². The number of nitrogens with two attached hydrogens (primary N) is 1. The molecule has 0 saturated carbocycles. The number of rotatable bonds is 5. The SMILES string of the molecule is CC(=O)c1ccc(CN)cc1.CCN(C(C)C)C(C)C. The highest BCUT2D eigenvalue weighted by Gasteiger charge is 2.08. The van der Waals surface area contributed by atoms with Crippen LogP contribution >= 0.6 is 0 Å². The first-order valence-corrected chi connectivity index (χ1v) is 7.39. The second-order valence-corrected chi connectivity index (χ2v) is 5.48. The van der Waals surface area contributed by atoms with Crippen molar-refractivity contribution in [1.29, 1.82) is 0 Å². The van der Waals surface area contributed by atoms with Gasteiger partial charge in [0.25, 0.3) is 0 Å². The molecule has 0 fully saturated rings. The number of ketones is 1. The van der Waals surface area contributed by atoms with E-state index in [1.165, 1.54) is 0 Å². The van der Waals surface area contributed by atoms with E-state index < -0.39 is 0 Å². The lowest BCUT2D eigenvalue weighted by molar-refractivity contribution is 0.101. The lowest BCUT2D eigenvalue weighted by Crippen LogP contribution is -2.36. The number of Topliss-reactive ketones (excluding diaryl/α,β-unsaturated/α-hetero) is 1. The number of hydrogen-bond acceptors (Lipinski definition) is 3. The average molecular weight is 278 g/mol. The summed E-state index contributed by atoms with van der Waals surface area (Å²) in [5.41, 5.74) is 7.18. The van der Waals surface area contributed by atoms with E-state index in [0.717, 1.165) is 17.7 Å². The van der Waals surface area contributed by atoms with Crippen LogP contribution in [0.1, 0.15) is 57.5 Å². The zero-order valence-electron chi connectivity index (χ0n) is 13.8. The third kappa shape index (κ3) is 6.83. The molecule has 3 heteroatoms. The zero-order valence-corrected chi connectivity index (χ0v) is 13.8. The van der Waals surface area contributed by atoms with Gasteiger partial charge in [0, 0.05) is 24.2 Å². The normalized spacial score (nSPS) is 10.7. The quantitative estimate of drug-likeness (QED) is 0.839. The highest BCUT2D eigenvalue weighted by molar-refractivity contribution is 5.93. The number of carbonyl (C=O) groups excluding carboxylic acids is 1. The predicted octanol–water partition coefficient (Wildman–Crippen LogP) is 3.47. The monoisotopic (exact) mass is 278 g/mol. The van der Waals surface area contributed by atoms with Gasteiger partial charge in [0.15, 0.2) is 5.78 Å². The highest BCUT2D eigenvalue weighted by atomic mass is 16.1. The molecule has 0 spiro atoms. The van der Waals surface area contributed by atoms with Gasteiger partial charge in [-0.1, -0.05) is 31.2 Å². The fraction of sp³-hybridized carbons (Fsp3) is 0.588. The molecular weight excluding hydrogens is 248 g/mol. The fourth-order valence-electron chi connectivity index (χ4n) is 2.20. The summed E-state index contributed by atoms with van der Waals surface area (Å²) in [5, 5.41) is 0. The van der Waals surface area contributed by atoms with Gasteiger partial charge in [-0.2, -0.15) is 0 Å². The molecule has 0 aliphatic carbocycles. The summed E-state index contributed by atoms with van der Waals surface area (Å²) in [4.78, 5) is 13.3. The van der Waals surface area contributed by atoms with Crippen molar-refractivity contribution in [3.63, 3.8) is 0 Å². The van der Waals surface area contributed by atoms with Crippen LogP contribution in [0.15, 0.2) is 24.3 Å². The van der Waals surface area contributed by atoms with Crippen LogP contribution < -0.4 is 5.73 Å². The summed E-state index contributed by atoms with van der Waals surface area (Å²) in [7, 11) is 0. The molecule has 1 rings (SSSR count). The topological polar surface area (TPSA) is 46.3 Å². The van der Waals surface area contributed by atoms with Crippen molar-refractivity contribution in [2.45, 2.75) is 60.2 Å². The maximum absolute atomic E-state index is 10.8. The molecule has 114 valence electrons. The van der Waals surface area contributed by atoms with Crippen molar-refractivity contribution in [2.75, 3.05) is 6.54 Å². The number of carbonyl (C=O) groups is 1. The van der Waals surface area contributed by atoms with Crippen LogP contribution in [0.3, 0.4) is 0 Å². The highest BCUT2D eigenvalue weighted by Crippen LogP contribution is 2.04. The molecule has 0 aliphatic rings. The number of hydrogen-bond donors (Lipinski definition) is 1. The number of nitrogens with zero attached hydrogens (tertiary/aromatic N) is 1. The van der Waals surface area contributed by atoms with Gasteiger partial charge in [-0.15, -0.1) is 0 Å². The maximum atomic E-state index is 10.8. The van der Waals surface area contributed by atoms with Gasteiger partial charge in [0.1, 0.15) is 0 Å². The van der Waals surface area contributed by atoms with Crippen molar-refractivity contribution in [2.24, 2.45) is 5.73 Å². The van der Waals surface area contributed by atoms with E-state index in [4.69, 9.17) is 5.73 Å². The summed E-state index contributed by atoms with van der Waals surface area (Å²) in [6.07, 6.45) is 0. The van der Waals surface area contributed by atoms with Crippen molar-refractivity contribution in [1.82, 2.24) is 4.90 Å². The minimum Gasteiger partial charge on any atom is -0.326 e. The van der Waals surface area contributed by atoms with Crippen LogP contribution in [0.4, 0.5) is 0 Å². The average Bonchev–Trinajstić information content (AvgIpc) is 2.39. The Bertz CT molecular complexity index is 374. The smallest absolute Gasteiger partial charge is 0.159 e. The fourth-order valence-corrected chi connectivity index (χ4v) is 2.20. The Morgan fingerprint density at radius 1 is 1.10 bits per heavy atom. The van der Waals surface area contributed by atoms with Crippen molar-refractivity contribution in [3.8, 4) is 0 Å². The van der Waals surface area contributed by atoms with Gasteiger partial charge in [0.2, 0.25) is 0 Å². The van der Waals surface area contributed by atoms with Gasteiger partial charge in [-0.3, -0.25) is 9.69 Å². The standard InChI is InChI=1S/C9H11NO.C8H19N/c1-7(11)9-4-2-8(6-10)3-5-9;1-6-9(7(2)3)8(4)5/h2-5H,6,10H2,1H3;7-8H,6H2,1-5H3. The summed E-state index contributed by atoms with van der Waals surface area (Å²) in [5.74, 6) is 0.0913. The van der Waals surface area contributed by atoms with Crippen LogP contribution in [0.5, 0.6) is 0 Å². The van der Waals surface area contributed by atoms with Crippen LogP contribution in [0.25, 0.3) is 0 Å². The molecule has 0 saturated heterocycles. The summed E-state index contributed by atoms with van der Waals surface area (Å²) >= 11 is 0. The first-order chi connectivity index (χ1) is 9.33. The maximum Gasteiger partial charge on any atom is 0.159 e. The van der Waals surface area contributed by atoms with E-state index in [-0.39, 0.29) is 5.78 Å². The molecule has 0 radical (unpaired) electrons. The first-order valence-electron chi connectivity index (χ1n) is 7.39. The van der Waals surface area contributed by atoms with Gasteiger partial charge in [0.05, 0.1) is 0 Å². The second kappa shape index (κ2) is 9.67. The molecule has 0 aromatic heterocycles. The van der Waals surface area contributed by atoms with E-state index in [1.54, 1.807) is 19.1 Å². The molecule has 0 aliphatic heterocycles. The number of benzene rings is 1. The third-order valence-electron chi connectivity index (χ3n) is 3.29. The Morgan fingerprint density at radius 2 is 1.55 bits per heavy atom. The van der Waals surface area contributed by atoms with E-state index >= 15 is 0 Å². The molecule has 0 amide bonds. The lowest BCUT2D eigenvalue weighted by atomic mass is 10.1. The molecule has 1 aromatic carbocycles. The zero-order chi connectivity index (χ0) is 15.7. The van der Waals surface area contributed by atoms with Gasteiger partial charge >= 0.3 is 0 Å². The molecule has 20 heavy (non-hydrogen) atoms. The molecule has 1 aromatic rings. The van der Waals surface area contributed by atoms with Gasteiger partial charge in [-0.25, -0.2) is 0 Å². The molecule has 2 N–H and O–H groups in total. The van der Waals surface area contributed by atoms with Crippen molar-refractivity contribution in [3.05, 3.63) is 35.4 Å². The molecule has 0 atom stereocenters. The minimum atomic E-state index is 0.0913. The molecule has 0 unspecified atom stereocenters. The van der Waals surface area contributed by atoms with Crippen molar-refractivity contribution < 1.29 is 4.79 Å². The lowest BCUT2D eigenvalue weighted by Gasteiger charge is -2.28. The van der Waals surface area contributed by atoms with E-state index in [0.29, 0.717) is 18.6 Å². The molecular formula is C17H30N2O. The van der Waals surface area contributed by atoms with E-state index in [1.807, 2.05) is 12.1 Å². The van der Waals surface area contributed by atoms with Crippen LogP contribution in [-0.4, -0.2) is 29.3 Å². The summed E-state index contributed by atoms with van der Waals surface area (Å²) in [6, 6.07) is 8.72. The summed E-state index contributed by atoms with van der Waals surface area (Å²) in [6.45, 7) is 14.4. The van der Waals surface area contributed by atoms with E-state index in [9.17, 15) is 4.79 Å². The third-order valence-corrected chi connectivity index (χ3v) is 3.29. The van der Waals surface area contributed by atoms with Gasteiger partial charge in [-0.05, 0) is 46.7 Å². The Labute approximate surface area is 124 Å². The van der Waals surface area contributed by atoms with Crippen LogP contribution in [-0.2, 0) is 6.54 Å². The Morgan fingerprint density at radius 3 is 1.75 bits per heavy atom.